The molecule has 94 valence electrons. The molecular weight excluding hydrogens is 210 g/mol. The predicted octanol–water partition coefficient (Wildman–Crippen LogP) is 3.11. The molecule has 0 aromatic heterocycles. The standard InChI is InChI=1S/C15H23NO/c1-15(2,3)13-8-4-5-9-14(13)17-12-7-6-10-16-11-12/h4-5,8-9,12,16H,6-7,10-11H2,1-3H3/t12-/m1/s1. The summed E-state index contributed by atoms with van der Waals surface area (Å²) in [6, 6.07) is 8.41. The van der Waals surface area contributed by atoms with E-state index in [0.717, 1.165) is 25.3 Å². The molecule has 1 aliphatic rings. The first-order valence-electron chi connectivity index (χ1n) is 6.54. The van der Waals surface area contributed by atoms with Gasteiger partial charge in [0.15, 0.2) is 0 Å². The van der Waals surface area contributed by atoms with Crippen LogP contribution >= 0.6 is 0 Å². The summed E-state index contributed by atoms with van der Waals surface area (Å²) in [7, 11) is 0. The van der Waals surface area contributed by atoms with Crippen LogP contribution in [0.4, 0.5) is 0 Å². The van der Waals surface area contributed by atoms with Crippen molar-refractivity contribution in [1.29, 1.82) is 0 Å². The highest BCUT2D eigenvalue weighted by Gasteiger charge is 2.21. The van der Waals surface area contributed by atoms with Gasteiger partial charge in [-0.25, -0.2) is 0 Å². The molecule has 2 rings (SSSR count). The number of piperidine rings is 1. The molecule has 0 amide bonds. The first kappa shape index (κ1) is 12.4. The van der Waals surface area contributed by atoms with Gasteiger partial charge in [0.05, 0.1) is 0 Å². The molecule has 0 aliphatic carbocycles. The van der Waals surface area contributed by atoms with Crippen LogP contribution in [-0.2, 0) is 5.41 Å². The molecule has 1 atom stereocenters. The van der Waals surface area contributed by atoms with Gasteiger partial charge in [-0.1, -0.05) is 39.0 Å². The lowest BCUT2D eigenvalue weighted by atomic mass is 9.86. The maximum Gasteiger partial charge on any atom is 0.123 e. The molecule has 0 bridgehead atoms. The number of hydrogen-bond donors (Lipinski definition) is 1. The summed E-state index contributed by atoms with van der Waals surface area (Å²) in [5, 5.41) is 3.39. The van der Waals surface area contributed by atoms with Crippen molar-refractivity contribution in [2.24, 2.45) is 0 Å². The van der Waals surface area contributed by atoms with E-state index in [9.17, 15) is 0 Å². The Morgan fingerprint density at radius 3 is 2.65 bits per heavy atom. The second kappa shape index (κ2) is 5.09. The molecule has 0 spiro atoms. The Morgan fingerprint density at radius 2 is 2.00 bits per heavy atom. The minimum Gasteiger partial charge on any atom is -0.489 e. The fraction of sp³-hybridized carbons (Fsp3) is 0.600. The third-order valence-electron chi connectivity index (χ3n) is 3.24. The monoisotopic (exact) mass is 233 g/mol. The van der Waals surface area contributed by atoms with Crippen LogP contribution in [0.5, 0.6) is 5.75 Å². The van der Waals surface area contributed by atoms with E-state index >= 15 is 0 Å². The molecule has 1 heterocycles. The van der Waals surface area contributed by atoms with Crippen LogP contribution in [-0.4, -0.2) is 19.2 Å². The van der Waals surface area contributed by atoms with E-state index in [4.69, 9.17) is 4.74 Å². The number of para-hydroxylation sites is 1. The maximum atomic E-state index is 6.15. The second-order valence-electron chi connectivity index (χ2n) is 5.83. The van der Waals surface area contributed by atoms with Gasteiger partial charge in [-0.2, -0.15) is 0 Å². The van der Waals surface area contributed by atoms with Gasteiger partial charge in [-0.3, -0.25) is 0 Å². The van der Waals surface area contributed by atoms with Gasteiger partial charge < -0.3 is 10.1 Å². The van der Waals surface area contributed by atoms with Crippen molar-refractivity contribution in [1.82, 2.24) is 5.32 Å². The Balaban J connectivity index is 2.14. The topological polar surface area (TPSA) is 21.3 Å². The van der Waals surface area contributed by atoms with Crippen LogP contribution in [0.1, 0.15) is 39.2 Å². The molecule has 2 nitrogen and oxygen atoms in total. The zero-order chi connectivity index (χ0) is 12.3. The molecule has 1 N–H and O–H groups in total. The highest BCUT2D eigenvalue weighted by molar-refractivity contribution is 5.38. The van der Waals surface area contributed by atoms with E-state index in [1.165, 1.54) is 12.0 Å². The van der Waals surface area contributed by atoms with Gasteiger partial charge in [0.2, 0.25) is 0 Å². The average molecular weight is 233 g/mol. The number of ether oxygens (including phenoxy) is 1. The lowest BCUT2D eigenvalue weighted by Gasteiger charge is -2.28. The zero-order valence-corrected chi connectivity index (χ0v) is 11.1. The van der Waals surface area contributed by atoms with Crippen molar-refractivity contribution in [3.8, 4) is 5.75 Å². The molecular formula is C15H23NO. The van der Waals surface area contributed by atoms with Crippen molar-refractivity contribution in [3.63, 3.8) is 0 Å². The van der Waals surface area contributed by atoms with Crippen molar-refractivity contribution >= 4 is 0 Å². The van der Waals surface area contributed by atoms with E-state index < -0.39 is 0 Å². The number of benzene rings is 1. The first-order chi connectivity index (χ1) is 8.07. The highest BCUT2D eigenvalue weighted by Crippen LogP contribution is 2.32. The van der Waals surface area contributed by atoms with Gasteiger partial charge in [0.25, 0.3) is 0 Å². The van der Waals surface area contributed by atoms with Gasteiger partial charge in [0, 0.05) is 6.54 Å². The average Bonchev–Trinajstić information content (AvgIpc) is 2.30. The van der Waals surface area contributed by atoms with Crippen molar-refractivity contribution in [3.05, 3.63) is 29.8 Å². The fourth-order valence-electron chi connectivity index (χ4n) is 2.29. The van der Waals surface area contributed by atoms with E-state index in [-0.39, 0.29) is 5.41 Å². The van der Waals surface area contributed by atoms with Crippen LogP contribution in [0.2, 0.25) is 0 Å². The van der Waals surface area contributed by atoms with E-state index in [2.05, 4.69) is 50.4 Å². The molecule has 0 saturated carbocycles. The first-order valence-corrected chi connectivity index (χ1v) is 6.54. The Hall–Kier alpha value is -1.02. The predicted molar refractivity (Wildman–Crippen MR) is 71.7 cm³/mol. The highest BCUT2D eigenvalue weighted by atomic mass is 16.5. The molecule has 2 heteroatoms. The van der Waals surface area contributed by atoms with Gasteiger partial charge in [0.1, 0.15) is 11.9 Å². The lowest BCUT2D eigenvalue weighted by Crippen LogP contribution is -2.37. The van der Waals surface area contributed by atoms with Crippen LogP contribution < -0.4 is 10.1 Å². The van der Waals surface area contributed by atoms with Crippen LogP contribution in [0.15, 0.2) is 24.3 Å². The summed E-state index contributed by atoms with van der Waals surface area (Å²) in [5.41, 5.74) is 1.43. The molecule has 17 heavy (non-hydrogen) atoms. The number of rotatable bonds is 2. The second-order valence-corrected chi connectivity index (χ2v) is 5.83. The minimum absolute atomic E-state index is 0.138. The third kappa shape index (κ3) is 3.22. The quantitative estimate of drug-likeness (QED) is 0.847. The molecule has 1 aromatic rings. The van der Waals surface area contributed by atoms with Crippen molar-refractivity contribution < 1.29 is 4.74 Å². The van der Waals surface area contributed by atoms with Gasteiger partial charge >= 0.3 is 0 Å². The molecule has 0 unspecified atom stereocenters. The molecule has 1 saturated heterocycles. The minimum atomic E-state index is 0.138. The van der Waals surface area contributed by atoms with Gasteiger partial charge in [-0.15, -0.1) is 0 Å². The van der Waals surface area contributed by atoms with E-state index in [0.29, 0.717) is 6.10 Å². The summed E-state index contributed by atoms with van der Waals surface area (Å²) < 4.78 is 6.15. The summed E-state index contributed by atoms with van der Waals surface area (Å²) in [6.07, 6.45) is 2.70. The largest absolute Gasteiger partial charge is 0.489 e. The zero-order valence-electron chi connectivity index (χ0n) is 11.1. The number of hydrogen-bond acceptors (Lipinski definition) is 2. The van der Waals surface area contributed by atoms with E-state index in [1.54, 1.807) is 0 Å². The van der Waals surface area contributed by atoms with Crippen molar-refractivity contribution in [2.45, 2.75) is 45.1 Å². The SMILES string of the molecule is CC(C)(C)c1ccccc1O[C@@H]1CCCNC1. The van der Waals surface area contributed by atoms with Crippen molar-refractivity contribution in [2.75, 3.05) is 13.1 Å². The summed E-state index contributed by atoms with van der Waals surface area (Å²) in [5.74, 6) is 1.05. The third-order valence-corrected chi connectivity index (χ3v) is 3.24. The van der Waals surface area contributed by atoms with Crippen LogP contribution in [0, 0.1) is 0 Å². The van der Waals surface area contributed by atoms with E-state index in [1.807, 2.05) is 0 Å². The molecule has 1 aliphatic heterocycles. The summed E-state index contributed by atoms with van der Waals surface area (Å²) in [4.78, 5) is 0. The Bertz CT molecular complexity index is 361. The van der Waals surface area contributed by atoms with Crippen LogP contribution in [0.3, 0.4) is 0 Å². The Kier molecular flexibility index (Phi) is 3.72. The molecule has 1 aromatic carbocycles. The smallest absolute Gasteiger partial charge is 0.123 e. The Labute approximate surface area is 104 Å². The number of nitrogens with one attached hydrogen (secondary N) is 1. The summed E-state index contributed by atoms with van der Waals surface area (Å²) >= 11 is 0. The molecule has 1 fully saturated rings. The Morgan fingerprint density at radius 1 is 1.24 bits per heavy atom. The summed E-state index contributed by atoms with van der Waals surface area (Å²) in [6.45, 7) is 8.79. The normalized spacial score (nSPS) is 21.2. The van der Waals surface area contributed by atoms with Crippen LogP contribution in [0.25, 0.3) is 0 Å². The maximum absolute atomic E-state index is 6.15. The lowest BCUT2D eigenvalue weighted by molar-refractivity contribution is 0.164. The molecule has 0 radical (unpaired) electrons. The fourth-order valence-corrected chi connectivity index (χ4v) is 2.29. The van der Waals surface area contributed by atoms with Gasteiger partial charge in [-0.05, 0) is 36.4 Å².